The zero-order chi connectivity index (χ0) is 13.3. The lowest BCUT2D eigenvalue weighted by Crippen LogP contribution is -2.42. The van der Waals surface area contributed by atoms with Gasteiger partial charge in [-0.15, -0.1) is 0 Å². The molecule has 1 aliphatic heterocycles. The van der Waals surface area contributed by atoms with Crippen molar-refractivity contribution < 1.29 is 8.42 Å². The molecule has 5 nitrogen and oxygen atoms in total. The van der Waals surface area contributed by atoms with Crippen molar-refractivity contribution in [2.75, 3.05) is 26.7 Å². The number of rotatable bonds is 5. The van der Waals surface area contributed by atoms with Crippen molar-refractivity contribution in [1.29, 1.82) is 0 Å². The fourth-order valence-electron chi connectivity index (χ4n) is 3.15. The first kappa shape index (κ1) is 14.2. The SMILES string of the molecule is CCCCN(C)S(=O)(=O)N1CC2CCC(N)C2C1. The quantitative estimate of drug-likeness (QED) is 0.800. The van der Waals surface area contributed by atoms with Crippen molar-refractivity contribution in [3.8, 4) is 0 Å². The van der Waals surface area contributed by atoms with Crippen LogP contribution in [0.2, 0.25) is 0 Å². The van der Waals surface area contributed by atoms with E-state index in [0.29, 0.717) is 31.5 Å². The summed E-state index contributed by atoms with van der Waals surface area (Å²) in [6, 6.07) is 0.191. The predicted molar refractivity (Wildman–Crippen MR) is 72.2 cm³/mol. The first-order valence-electron chi connectivity index (χ1n) is 6.93. The van der Waals surface area contributed by atoms with Crippen LogP contribution in [0, 0.1) is 11.8 Å². The lowest BCUT2D eigenvalue weighted by atomic mass is 9.98. The highest BCUT2D eigenvalue weighted by atomic mass is 32.2. The zero-order valence-corrected chi connectivity index (χ0v) is 12.2. The van der Waals surface area contributed by atoms with Gasteiger partial charge in [0.15, 0.2) is 0 Å². The fraction of sp³-hybridized carbons (Fsp3) is 1.00. The van der Waals surface area contributed by atoms with Gasteiger partial charge in [0.2, 0.25) is 0 Å². The summed E-state index contributed by atoms with van der Waals surface area (Å²) in [5, 5.41) is 0. The minimum Gasteiger partial charge on any atom is -0.327 e. The zero-order valence-electron chi connectivity index (χ0n) is 11.4. The number of nitrogens with zero attached hydrogens (tertiary/aromatic N) is 2. The standard InChI is InChI=1S/C12H25N3O2S/c1-3-4-7-14(2)18(16,17)15-8-10-5-6-12(13)11(10)9-15/h10-12H,3-9,13H2,1-2H3. The van der Waals surface area contributed by atoms with Crippen LogP contribution in [0.15, 0.2) is 0 Å². The van der Waals surface area contributed by atoms with Gasteiger partial charge in [-0.05, 0) is 31.1 Å². The van der Waals surface area contributed by atoms with E-state index in [1.807, 2.05) is 0 Å². The lowest BCUT2D eigenvalue weighted by molar-refractivity contribution is 0.372. The van der Waals surface area contributed by atoms with E-state index in [4.69, 9.17) is 5.73 Å². The Hall–Kier alpha value is -0.170. The largest absolute Gasteiger partial charge is 0.327 e. The molecular formula is C12H25N3O2S. The minimum absolute atomic E-state index is 0.191. The van der Waals surface area contributed by atoms with Crippen LogP contribution < -0.4 is 5.73 Å². The first-order valence-corrected chi connectivity index (χ1v) is 8.33. The highest BCUT2D eigenvalue weighted by Gasteiger charge is 2.45. The Morgan fingerprint density at radius 2 is 2.06 bits per heavy atom. The van der Waals surface area contributed by atoms with Gasteiger partial charge in [-0.2, -0.15) is 17.0 Å². The molecule has 0 bridgehead atoms. The molecule has 2 aliphatic rings. The van der Waals surface area contributed by atoms with Crippen molar-refractivity contribution in [3.63, 3.8) is 0 Å². The van der Waals surface area contributed by atoms with Crippen LogP contribution >= 0.6 is 0 Å². The minimum atomic E-state index is -3.27. The summed E-state index contributed by atoms with van der Waals surface area (Å²) in [5.74, 6) is 0.855. The van der Waals surface area contributed by atoms with E-state index < -0.39 is 10.2 Å². The van der Waals surface area contributed by atoms with Gasteiger partial charge in [0.1, 0.15) is 0 Å². The summed E-state index contributed by atoms with van der Waals surface area (Å²) < 4.78 is 27.9. The summed E-state index contributed by atoms with van der Waals surface area (Å²) in [7, 11) is -1.59. The fourth-order valence-corrected chi connectivity index (χ4v) is 4.64. The molecule has 1 heterocycles. The van der Waals surface area contributed by atoms with Crippen LogP contribution in [0.1, 0.15) is 32.6 Å². The molecule has 106 valence electrons. The van der Waals surface area contributed by atoms with Crippen molar-refractivity contribution in [2.45, 2.75) is 38.6 Å². The van der Waals surface area contributed by atoms with Crippen molar-refractivity contribution in [1.82, 2.24) is 8.61 Å². The van der Waals surface area contributed by atoms with Crippen LogP contribution in [0.5, 0.6) is 0 Å². The van der Waals surface area contributed by atoms with Crippen molar-refractivity contribution >= 4 is 10.2 Å². The van der Waals surface area contributed by atoms with Gasteiger partial charge in [0.25, 0.3) is 10.2 Å². The Balaban J connectivity index is 2.00. The molecule has 6 heteroatoms. The maximum atomic E-state index is 12.4. The van der Waals surface area contributed by atoms with Crippen molar-refractivity contribution in [3.05, 3.63) is 0 Å². The molecule has 0 radical (unpaired) electrons. The highest BCUT2D eigenvalue weighted by molar-refractivity contribution is 7.86. The molecule has 1 saturated carbocycles. The average Bonchev–Trinajstić information content (AvgIpc) is 2.89. The summed E-state index contributed by atoms with van der Waals surface area (Å²) >= 11 is 0. The molecule has 2 N–H and O–H groups in total. The Bertz CT molecular complexity index is 385. The summed E-state index contributed by atoms with van der Waals surface area (Å²) in [6.07, 6.45) is 4.05. The number of hydrogen-bond donors (Lipinski definition) is 1. The monoisotopic (exact) mass is 275 g/mol. The summed E-state index contributed by atoms with van der Waals surface area (Å²) in [6.45, 7) is 3.96. The Kier molecular flexibility index (Phi) is 4.31. The third kappa shape index (κ3) is 2.57. The topological polar surface area (TPSA) is 66.6 Å². The molecule has 0 aromatic rings. The van der Waals surface area contributed by atoms with Crippen LogP contribution in [0.3, 0.4) is 0 Å². The summed E-state index contributed by atoms with van der Waals surface area (Å²) in [5.41, 5.74) is 6.05. The molecular weight excluding hydrogens is 250 g/mol. The Labute approximate surface area is 110 Å². The van der Waals surface area contributed by atoms with E-state index >= 15 is 0 Å². The smallest absolute Gasteiger partial charge is 0.281 e. The molecule has 3 unspecified atom stereocenters. The summed E-state index contributed by atoms with van der Waals surface area (Å²) in [4.78, 5) is 0. The second-order valence-electron chi connectivity index (χ2n) is 5.66. The van der Waals surface area contributed by atoms with Crippen LogP contribution in [0.25, 0.3) is 0 Å². The molecule has 0 amide bonds. The van der Waals surface area contributed by atoms with Gasteiger partial charge in [-0.1, -0.05) is 13.3 Å². The van der Waals surface area contributed by atoms with E-state index in [-0.39, 0.29) is 6.04 Å². The molecule has 18 heavy (non-hydrogen) atoms. The van der Waals surface area contributed by atoms with Gasteiger partial charge in [0.05, 0.1) is 0 Å². The Morgan fingerprint density at radius 3 is 2.67 bits per heavy atom. The normalized spacial score (nSPS) is 33.2. The Morgan fingerprint density at radius 1 is 1.33 bits per heavy atom. The molecule has 2 rings (SSSR count). The van der Waals surface area contributed by atoms with Crippen LogP contribution in [-0.2, 0) is 10.2 Å². The van der Waals surface area contributed by atoms with Gasteiger partial charge < -0.3 is 5.73 Å². The van der Waals surface area contributed by atoms with E-state index in [0.717, 1.165) is 25.7 Å². The maximum absolute atomic E-state index is 12.4. The first-order chi connectivity index (χ1) is 8.46. The third-order valence-corrected chi connectivity index (χ3v) is 6.35. The molecule has 2 fully saturated rings. The molecule has 0 aromatic heterocycles. The van der Waals surface area contributed by atoms with E-state index in [2.05, 4.69) is 6.92 Å². The average molecular weight is 275 g/mol. The lowest BCUT2D eigenvalue weighted by Gasteiger charge is -2.25. The third-order valence-electron chi connectivity index (χ3n) is 4.43. The van der Waals surface area contributed by atoms with Crippen molar-refractivity contribution in [2.24, 2.45) is 17.6 Å². The van der Waals surface area contributed by atoms with Crippen LogP contribution in [-0.4, -0.2) is 49.8 Å². The van der Waals surface area contributed by atoms with E-state index in [1.165, 1.54) is 4.31 Å². The maximum Gasteiger partial charge on any atom is 0.281 e. The van der Waals surface area contributed by atoms with Gasteiger partial charge in [0, 0.05) is 32.7 Å². The van der Waals surface area contributed by atoms with Gasteiger partial charge in [-0.25, -0.2) is 0 Å². The van der Waals surface area contributed by atoms with E-state index in [9.17, 15) is 8.42 Å². The van der Waals surface area contributed by atoms with E-state index in [1.54, 1.807) is 11.4 Å². The molecule has 1 aliphatic carbocycles. The number of unbranched alkanes of at least 4 members (excludes halogenated alkanes) is 1. The molecule has 0 spiro atoms. The second-order valence-corrected chi connectivity index (χ2v) is 7.70. The second kappa shape index (κ2) is 5.45. The molecule has 1 saturated heterocycles. The van der Waals surface area contributed by atoms with Gasteiger partial charge >= 0.3 is 0 Å². The van der Waals surface area contributed by atoms with Gasteiger partial charge in [-0.3, -0.25) is 0 Å². The highest BCUT2D eigenvalue weighted by Crippen LogP contribution is 2.38. The predicted octanol–water partition coefficient (Wildman–Crippen LogP) is 0.632. The number of nitrogens with two attached hydrogens (primary N) is 1. The molecule has 3 atom stereocenters. The van der Waals surface area contributed by atoms with Crippen LogP contribution in [0.4, 0.5) is 0 Å². The molecule has 0 aromatic carbocycles. The number of fused-ring (bicyclic) bond motifs is 1. The number of hydrogen-bond acceptors (Lipinski definition) is 3.